The molecule has 0 bridgehead atoms. The molecule has 6 nitrogen and oxygen atoms in total. The number of aromatic nitrogens is 2. The van der Waals surface area contributed by atoms with E-state index in [0.717, 1.165) is 24.2 Å². The smallest absolute Gasteiger partial charge is 0.272 e. The molecule has 1 aromatic heterocycles. The summed E-state index contributed by atoms with van der Waals surface area (Å²) < 4.78 is 6.90. The molecule has 4 rings (SSSR count). The van der Waals surface area contributed by atoms with Crippen LogP contribution in [0.4, 0.5) is 0 Å². The van der Waals surface area contributed by atoms with E-state index in [4.69, 9.17) is 4.74 Å². The number of hydrogen-bond donors (Lipinski definition) is 1. The van der Waals surface area contributed by atoms with Crippen molar-refractivity contribution in [3.63, 3.8) is 0 Å². The minimum atomic E-state index is -0.303. The number of ether oxygens (including phenoxy) is 1. The first kappa shape index (κ1) is 20.8. The Morgan fingerprint density at radius 3 is 2.65 bits per heavy atom. The summed E-state index contributed by atoms with van der Waals surface area (Å²) in [5.41, 5.74) is 3.83. The molecule has 0 radical (unpaired) electrons. The Balaban J connectivity index is 1.40. The van der Waals surface area contributed by atoms with Crippen LogP contribution in [0.25, 0.3) is 0 Å². The normalized spacial score (nSPS) is 13.8. The maximum absolute atomic E-state index is 12.8. The molecule has 2 aromatic carbocycles. The van der Waals surface area contributed by atoms with Crippen molar-refractivity contribution in [3.8, 4) is 5.75 Å². The number of nitrogens with one attached hydrogen (secondary N) is 1. The van der Waals surface area contributed by atoms with Gasteiger partial charge in [-0.15, -0.1) is 0 Å². The lowest BCUT2D eigenvalue weighted by atomic mass is 9.89. The van der Waals surface area contributed by atoms with Crippen molar-refractivity contribution in [2.75, 3.05) is 6.61 Å². The van der Waals surface area contributed by atoms with Crippen LogP contribution in [0.3, 0.4) is 0 Å². The Morgan fingerprint density at radius 1 is 1.06 bits per heavy atom. The van der Waals surface area contributed by atoms with Crippen LogP contribution in [0.15, 0.2) is 65.5 Å². The van der Waals surface area contributed by atoms with Gasteiger partial charge in [-0.05, 0) is 67.5 Å². The second-order valence-electron chi connectivity index (χ2n) is 7.87. The maximum atomic E-state index is 12.8. The summed E-state index contributed by atoms with van der Waals surface area (Å²) in [6.07, 6.45) is 4.70. The van der Waals surface area contributed by atoms with Gasteiger partial charge in [-0.3, -0.25) is 9.59 Å². The van der Waals surface area contributed by atoms with E-state index in [9.17, 15) is 9.59 Å². The number of fused-ring (bicyclic) bond motifs is 1. The second kappa shape index (κ2) is 9.60. The fourth-order valence-electron chi connectivity index (χ4n) is 3.87. The molecule has 1 N–H and O–H groups in total. The van der Waals surface area contributed by atoms with Crippen LogP contribution in [-0.4, -0.2) is 22.3 Å². The summed E-state index contributed by atoms with van der Waals surface area (Å²) in [5, 5.41) is 7.23. The molecular formula is C25H27N3O3. The zero-order valence-electron chi connectivity index (χ0n) is 17.7. The SMILES string of the molecule is CC(NC(=O)c1ccc(=O)n(CCOc2ccccc2)n1)c1ccc2c(c1)CCCC2. The van der Waals surface area contributed by atoms with E-state index < -0.39 is 0 Å². The lowest BCUT2D eigenvalue weighted by molar-refractivity contribution is 0.0931. The molecule has 1 atom stereocenters. The van der Waals surface area contributed by atoms with E-state index in [1.54, 1.807) is 0 Å². The fraction of sp³-hybridized carbons (Fsp3) is 0.320. The van der Waals surface area contributed by atoms with Crippen LogP contribution < -0.4 is 15.6 Å². The van der Waals surface area contributed by atoms with E-state index in [-0.39, 0.29) is 36.4 Å². The summed E-state index contributed by atoms with van der Waals surface area (Å²) in [4.78, 5) is 24.9. The third-order valence-electron chi connectivity index (χ3n) is 5.63. The highest BCUT2D eigenvalue weighted by Crippen LogP contribution is 2.24. The second-order valence-corrected chi connectivity index (χ2v) is 7.87. The summed E-state index contributed by atoms with van der Waals surface area (Å²) >= 11 is 0. The van der Waals surface area contributed by atoms with Crippen LogP contribution in [-0.2, 0) is 19.4 Å². The topological polar surface area (TPSA) is 73.2 Å². The van der Waals surface area contributed by atoms with Crippen LogP contribution in [0.2, 0.25) is 0 Å². The highest BCUT2D eigenvalue weighted by Gasteiger charge is 2.16. The van der Waals surface area contributed by atoms with Crippen molar-refractivity contribution in [1.29, 1.82) is 0 Å². The Hall–Kier alpha value is -3.41. The highest BCUT2D eigenvalue weighted by molar-refractivity contribution is 5.92. The number of carbonyl (C=O) groups excluding carboxylic acids is 1. The van der Waals surface area contributed by atoms with Crippen molar-refractivity contribution >= 4 is 5.91 Å². The third-order valence-corrected chi connectivity index (χ3v) is 5.63. The van der Waals surface area contributed by atoms with Crippen molar-refractivity contribution in [2.24, 2.45) is 0 Å². The molecule has 0 saturated carbocycles. The van der Waals surface area contributed by atoms with Gasteiger partial charge in [-0.25, -0.2) is 4.68 Å². The number of aryl methyl sites for hydroxylation is 2. The molecule has 0 saturated heterocycles. The summed E-state index contributed by atoms with van der Waals surface area (Å²) in [6.45, 7) is 2.51. The highest BCUT2D eigenvalue weighted by atomic mass is 16.5. The Labute approximate surface area is 181 Å². The zero-order valence-corrected chi connectivity index (χ0v) is 17.7. The lowest BCUT2D eigenvalue weighted by Crippen LogP contribution is -2.32. The summed E-state index contributed by atoms with van der Waals surface area (Å²) in [6, 6.07) is 18.5. The number of nitrogens with zero attached hydrogens (tertiary/aromatic N) is 2. The van der Waals surface area contributed by atoms with Gasteiger partial charge in [0.2, 0.25) is 0 Å². The first-order chi connectivity index (χ1) is 15.1. The number of carbonyl (C=O) groups is 1. The molecule has 1 aliphatic carbocycles. The molecule has 1 unspecified atom stereocenters. The van der Waals surface area contributed by atoms with Gasteiger partial charge >= 0.3 is 0 Å². The van der Waals surface area contributed by atoms with Crippen molar-refractivity contribution < 1.29 is 9.53 Å². The molecule has 6 heteroatoms. The lowest BCUT2D eigenvalue weighted by Gasteiger charge is -2.20. The Morgan fingerprint density at radius 2 is 1.84 bits per heavy atom. The van der Waals surface area contributed by atoms with E-state index in [2.05, 4.69) is 28.6 Å². The van der Waals surface area contributed by atoms with Gasteiger partial charge < -0.3 is 10.1 Å². The van der Waals surface area contributed by atoms with Crippen LogP contribution in [0.5, 0.6) is 5.75 Å². The van der Waals surface area contributed by atoms with Crippen LogP contribution >= 0.6 is 0 Å². The molecule has 160 valence electrons. The fourth-order valence-corrected chi connectivity index (χ4v) is 3.87. The van der Waals surface area contributed by atoms with Gasteiger partial charge in [0.25, 0.3) is 11.5 Å². The monoisotopic (exact) mass is 417 g/mol. The van der Waals surface area contributed by atoms with Gasteiger partial charge in [0, 0.05) is 6.07 Å². The Bertz CT molecular complexity index is 1110. The minimum absolute atomic E-state index is 0.150. The van der Waals surface area contributed by atoms with Gasteiger partial charge in [0.05, 0.1) is 12.6 Å². The molecule has 3 aromatic rings. The van der Waals surface area contributed by atoms with E-state index in [1.807, 2.05) is 37.3 Å². The van der Waals surface area contributed by atoms with Gasteiger partial charge in [-0.1, -0.05) is 36.4 Å². The molecule has 0 aliphatic heterocycles. The molecule has 0 spiro atoms. The third kappa shape index (κ3) is 5.20. The van der Waals surface area contributed by atoms with E-state index >= 15 is 0 Å². The number of benzene rings is 2. The van der Waals surface area contributed by atoms with Crippen molar-refractivity contribution in [1.82, 2.24) is 15.1 Å². The molecular weight excluding hydrogens is 390 g/mol. The van der Waals surface area contributed by atoms with Gasteiger partial charge in [0.15, 0.2) is 0 Å². The standard InChI is InChI=1S/C25H27N3O3/c1-18(20-12-11-19-7-5-6-8-21(19)17-20)26-25(30)23-13-14-24(29)28(27-23)15-16-31-22-9-3-2-4-10-22/h2-4,9-14,17-18H,5-8,15-16H2,1H3,(H,26,30). The molecule has 1 amide bonds. The Kier molecular flexibility index (Phi) is 6.46. The molecule has 1 heterocycles. The molecule has 31 heavy (non-hydrogen) atoms. The minimum Gasteiger partial charge on any atom is -0.492 e. The van der Waals surface area contributed by atoms with Crippen molar-refractivity contribution in [2.45, 2.75) is 45.2 Å². The van der Waals surface area contributed by atoms with Gasteiger partial charge in [0.1, 0.15) is 18.1 Å². The average Bonchev–Trinajstić information content (AvgIpc) is 2.80. The first-order valence-corrected chi connectivity index (χ1v) is 10.8. The predicted molar refractivity (Wildman–Crippen MR) is 119 cm³/mol. The molecule has 1 aliphatic rings. The number of hydrogen-bond acceptors (Lipinski definition) is 4. The first-order valence-electron chi connectivity index (χ1n) is 10.8. The number of amides is 1. The van der Waals surface area contributed by atoms with Crippen LogP contribution in [0, 0.1) is 0 Å². The van der Waals surface area contributed by atoms with E-state index in [0.29, 0.717) is 0 Å². The maximum Gasteiger partial charge on any atom is 0.272 e. The number of rotatable bonds is 7. The summed E-state index contributed by atoms with van der Waals surface area (Å²) in [5.74, 6) is 0.422. The average molecular weight is 418 g/mol. The quantitative estimate of drug-likeness (QED) is 0.636. The van der Waals surface area contributed by atoms with Gasteiger partial charge in [-0.2, -0.15) is 5.10 Å². The zero-order chi connectivity index (χ0) is 21.6. The predicted octanol–water partition coefficient (Wildman–Crippen LogP) is 3.69. The van der Waals surface area contributed by atoms with Crippen LogP contribution in [0.1, 0.15) is 53.0 Å². The summed E-state index contributed by atoms with van der Waals surface area (Å²) in [7, 11) is 0. The van der Waals surface area contributed by atoms with E-state index in [1.165, 1.54) is 40.8 Å². The number of para-hydroxylation sites is 1. The largest absolute Gasteiger partial charge is 0.492 e. The molecule has 0 fully saturated rings. The van der Waals surface area contributed by atoms with Crippen molar-refractivity contribution in [3.05, 3.63) is 93.4 Å².